The molecule has 1 aliphatic rings. The van der Waals surface area contributed by atoms with Crippen molar-refractivity contribution in [3.05, 3.63) is 51.2 Å². The smallest absolute Gasteiger partial charge is 0.332 e. The highest BCUT2D eigenvalue weighted by Crippen LogP contribution is 2.30. The number of amides is 1. The average molecular weight is 354 g/mol. The van der Waals surface area contributed by atoms with Crippen molar-refractivity contribution >= 4 is 28.7 Å². The maximum absolute atomic E-state index is 12.9. The Kier molecular flexibility index (Phi) is 3.64. The van der Waals surface area contributed by atoms with Crippen molar-refractivity contribution < 1.29 is 4.79 Å². The third-order valence-corrected chi connectivity index (χ3v) is 4.60. The van der Waals surface area contributed by atoms with Gasteiger partial charge < -0.3 is 15.2 Å². The van der Waals surface area contributed by atoms with Crippen molar-refractivity contribution in [2.75, 3.05) is 11.4 Å². The number of carbonyl (C=O) groups excluding carboxylic acids is 1. The van der Waals surface area contributed by atoms with Crippen LogP contribution in [0.2, 0.25) is 0 Å². The number of nitrogens with two attached hydrogens (primary N) is 1. The number of carbonyl (C=O) groups is 1. The van der Waals surface area contributed by atoms with Crippen molar-refractivity contribution in [3.8, 4) is 0 Å². The second-order valence-corrected chi connectivity index (χ2v) is 6.28. The van der Waals surface area contributed by atoms with E-state index in [1.54, 1.807) is 0 Å². The first-order chi connectivity index (χ1) is 12.5. The molecule has 0 saturated carbocycles. The fourth-order valence-corrected chi connectivity index (χ4v) is 3.41. The highest BCUT2D eigenvalue weighted by atomic mass is 16.2. The summed E-state index contributed by atoms with van der Waals surface area (Å²) in [5.41, 5.74) is 5.61. The Labute approximate surface area is 147 Å². The fraction of sp³-hybridized carbons (Fsp3) is 0.294. The minimum atomic E-state index is -0.743. The van der Waals surface area contributed by atoms with E-state index in [1.807, 2.05) is 39.8 Å². The summed E-state index contributed by atoms with van der Waals surface area (Å²) in [7, 11) is 1.54. The predicted octanol–water partition coefficient (Wildman–Crippen LogP) is -0.0762. The van der Waals surface area contributed by atoms with Crippen molar-refractivity contribution in [2.45, 2.75) is 19.5 Å². The molecule has 134 valence electrons. The normalized spacial score (nSPS) is 13.8. The summed E-state index contributed by atoms with van der Waals surface area (Å²) >= 11 is 0. The van der Waals surface area contributed by atoms with E-state index >= 15 is 0 Å². The number of para-hydroxylation sites is 1. The molecule has 4 rings (SSSR count). The zero-order chi connectivity index (χ0) is 18.4. The molecule has 0 spiro atoms. The number of fused-ring (bicyclic) bond motifs is 3. The van der Waals surface area contributed by atoms with Gasteiger partial charge in [-0.15, -0.1) is 0 Å². The molecule has 0 aliphatic carbocycles. The number of imidazole rings is 1. The number of benzene rings is 1. The van der Waals surface area contributed by atoms with E-state index in [4.69, 9.17) is 5.73 Å². The quantitative estimate of drug-likeness (QED) is 0.708. The van der Waals surface area contributed by atoms with Gasteiger partial charge in [-0.25, -0.2) is 9.36 Å². The van der Waals surface area contributed by atoms with Gasteiger partial charge in [-0.3, -0.25) is 14.2 Å². The summed E-state index contributed by atoms with van der Waals surface area (Å²) in [6.07, 6.45) is 0.825. The number of aromatic nitrogens is 4. The second-order valence-electron chi connectivity index (χ2n) is 6.28. The number of aryl methyl sites for hydroxylation is 2. The standard InChI is InChI=1S/C17H18N6O3/c1-20-14-13(15(25)23(17(20)26)10-12(18)24)22-9-5-8-21(16(22)19-14)11-6-3-2-4-7-11/h2-4,6-7H,5,8-10H2,1H3,(H2,18,24). The minimum Gasteiger partial charge on any atom is -0.368 e. The van der Waals surface area contributed by atoms with Crippen LogP contribution in [0.25, 0.3) is 11.2 Å². The summed E-state index contributed by atoms with van der Waals surface area (Å²) in [6, 6.07) is 9.75. The molecule has 0 bridgehead atoms. The van der Waals surface area contributed by atoms with Gasteiger partial charge in [-0.05, 0) is 18.6 Å². The van der Waals surface area contributed by atoms with E-state index in [-0.39, 0.29) is 0 Å². The molecule has 0 atom stereocenters. The summed E-state index contributed by atoms with van der Waals surface area (Å²) < 4.78 is 3.96. The van der Waals surface area contributed by atoms with Gasteiger partial charge in [0.25, 0.3) is 5.56 Å². The Hall–Kier alpha value is -3.36. The van der Waals surface area contributed by atoms with Crippen LogP contribution in [-0.2, 0) is 24.9 Å². The van der Waals surface area contributed by atoms with E-state index in [9.17, 15) is 14.4 Å². The molecule has 26 heavy (non-hydrogen) atoms. The largest absolute Gasteiger partial charge is 0.368 e. The Morgan fingerprint density at radius 2 is 1.92 bits per heavy atom. The van der Waals surface area contributed by atoms with Gasteiger partial charge in [0.05, 0.1) is 0 Å². The van der Waals surface area contributed by atoms with E-state index < -0.39 is 23.7 Å². The number of hydrogen-bond acceptors (Lipinski definition) is 5. The molecule has 3 aromatic rings. The molecule has 2 aromatic heterocycles. The molecule has 1 amide bonds. The minimum absolute atomic E-state index is 0.304. The lowest BCUT2D eigenvalue weighted by Gasteiger charge is -2.28. The number of primary amides is 1. The number of anilines is 2. The first-order valence-corrected chi connectivity index (χ1v) is 8.30. The molecule has 9 nitrogen and oxygen atoms in total. The molecule has 2 N–H and O–H groups in total. The molecular weight excluding hydrogens is 336 g/mol. The first kappa shape index (κ1) is 16.1. The molecular formula is C17H18N6O3. The fourth-order valence-electron chi connectivity index (χ4n) is 3.41. The maximum atomic E-state index is 12.9. The van der Waals surface area contributed by atoms with E-state index in [2.05, 4.69) is 4.98 Å². The summed E-state index contributed by atoms with van der Waals surface area (Å²) in [5, 5.41) is 0. The Morgan fingerprint density at radius 1 is 1.19 bits per heavy atom. The van der Waals surface area contributed by atoms with Crippen LogP contribution in [-0.4, -0.2) is 31.1 Å². The summed E-state index contributed by atoms with van der Waals surface area (Å²) in [5.74, 6) is -0.130. The Bertz CT molecular complexity index is 1130. The van der Waals surface area contributed by atoms with E-state index in [0.717, 1.165) is 23.2 Å². The van der Waals surface area contributed by atoms with Crippen molar-refractivity contribution in [1.82, 2.24) is 18.7 Å². The van der Waals surface area contributed by atoms with Crippen LogP contribution < -0.4 is 21.9 Å². The lowest BCUT2D eigenvalue weighted by atomic mass is 10.2. The molecule has 0 fully saturated rings. The van der Waals surface area contributed by atoms with Crippen molar-refractivity contribution in [3.63, 3.8) is 0 Å². The third kappa shape index (κ3) is 2.32. The van der Waals surface area contributed by atoms with Gasteiger partial charge in [0, 0.05) is 25.8 Å². The van der Waals surface area contributed by atoms with E-state index in [0.29, 0.717) is 23.7 Å². The molecule has 0 unspecified atom stereocenters. The maximum Gasteiger partial charge on any atom is 0.332 e. The molecule has 0 saturated heterocycles. The zero-order valence-electron chi connectivity index (χ0n) is 14.3. The highest BCUT2D eigenvalue weighted by Gasteiger charge is 2.27. The van der Waals surface area contributed by atoms with Crippen LogP contribution in [0.1, 0.15) is 6.42 Å². The molecule has 9 heteroatoms. The highest BCUT2D eigenvalue weighted by molar-refractivity contribution is 5.78. The van der Waals surface area contributed by atoms with Crippen LogP contribution in [0.5, 0.6) is 0 Å². The van der Waals surface area contributed by atoms with Gasteiger partial charge in [0.15, 0.2) is 11.2 Å². The first-order valence-electron chi connectivity index (χ1n) is 8.30. The monoisotopic (exact) mass is 354 g/mol. The van der Waals surface area contributed by atoms with Gasteiger partial charge in [0.1, 0.15) is 6.54 Å². The number of rotatable bonds is 3. The van der Waals surface area contributed by atoms with Gasteiger partial charge in [-0.1, -0.05) is 18.2 Å². The average Bonchev–Trinajstić information content (AvgIpc) is 3.04. The lowest BCUT2D eigenvalue weighted by Crippen LogP contribution is -2.42. The second kappa shape index (κ2) is 5.87. The molecule has 0 radical (unpaired) electrons. The SMILES string of the molecule is Cn1c(=O)n(CC(N)=O)c(=O)c2c1nc1n2CCCN1c1ccccc1. The van der Waals surface area contributed by atoms with Crippen LogP contribution in [0.15, 0.2) is 39.9 Å². The predicted molar refractivity (Wildman–Crippen MR) is 96.5 cm³/mol. The van der Waals surface area contributed by atoms with Crippen molar-refractivity contribution in [2.24, 2.45) is 12.8 Å². The van der Waals surface area contributed by atoms with Gasteiger partial charge >= 0.3 is 5.69 Å². The lowest BCUT2D eigenvalue weighted by molar-refractivity contribution is -0.118. The van der Waals surface area contributed by atoms with E-state index in [1.165, 1.54) is 11.6 Å². The van der Waals surface area contributed by atoms with Crippen LogP contribution >= 0.6 is 0 Å². The van der Waals surface area contributed by atoms with Crippen molar-refractivity contribution in [1.29, 1.82) is 0 Å². The topological polar surface area (TPSA) is 108 Å². The molecule has 3 heterocycles. The number of hydrogen-bond donors (Lipinski definition) is 1. The number of nitrogens with zero attached hydrogens (tertiary/aromatic N) is 5. The Balaban J connectivity index is 2.01. The summed E-state index contributed by atoms with van der Waals surface area (Å²) in [4.78, 5) is 43.2. The van der Waals surface area contributed by atoms with Crippen LogP contribution in [0, 0.1) is 0 Å². The third-order valence-electron chi connectivity index (χ3n) is 4.60. The van der Waals surface area contributed by atoms with Crippen LogP contribution in [0.3, 0.4) is 0 Å². The summed E-state index contributed by atoms with van der Waals surface area (Å²) in [6.45, 7) is 0.917. The zero-order valence-corrected chi connectivity index (χ0v) is 14.3. The molecule has 1 aliphatic heterocycles. The van der Waals surface area contributed by atoms with Gasteiger partial charge in [-0.2, -0.15) is 4.98 Å². The Morgan fingerprint density at radius 3 is 2.62 bits per heavy atom. The molecule has 1 aromatic carbocycles. The van der Waals surface area contributed by atoms with Crippen LogP contribution in [0.4, 0.5) is 11.6 Å². The van der Waals surface area contributed by atoms with Gasteiger partial charge in [0.2, 0.25) is 11.9 Å².